The predicted molar refractivity (Wildman–Crippen MR) is 109 cm³/mol. The van der Waals surface area contributed by atoms with E-state index in [0.717, 1.165) is 61.4 Å². The molecule has 3 heterocycles. The summed E-state index contributed by atoms with van der Waals surface area (Å²) in [7, 11) is 0. The molecule has 0 fully saturated rings. The van der Waals surface area contributed by atoms with Gasteiger partial charge in [-0.25, -0.2) is 4.99 Å². The fraction of sp³-hybridized carbons (Fsp3) is 0.700. The minimum Gasteiger partial charge on any atom is -0.359 e. The molecule has 0 aliphatic carbocycles. The SMILES string of the molecule is CCNC(=NCc1nnc2n1CCCCC2)NCc1cc(C(CC)CC)no1. The van der Waals surface area contributed by atoms with Crippen molar-refractivity contribution in [2.24, 2.45) is 4.99 Å². The van der Waals surface area contributed by atoms with Crippen LogP contribution < -0.4 is 10.6 Å². The molecule has 0 spiro atoms. The van der Waals surface area contributed by atoms with Crippen LogP contribution in [-0.2, 0) is 26.1 Å². The summed E-state index contributed by atoms with van der Waals surface area (Å²) in [5, 5.41) is 19.5. The highest BCUT2D eigenvalue weighted by molar-refractivity contribution is 5.79. The lowest BCUT2D eigenvalue weighted by atomic mass is 9.99. The molecule has 0 bridgehead atoms. The summed E-state index contributed by atoms with van der Waals surface area (Å²) in [4.78, 5) is 4.69. The third-order valence-electron chi connectivity index (χ3n) is 5.32. The first-order valence-electron chi connectivity index (χ1n) is 10.6. The summed E-state index contributed by atoms with van der Waals surface area (Å²) in [6.07, 6.45) is 6.79. The van der Waals surface area contributed by atoms with E-state index in [1.807, 2.05) is 6.07 Å². The zero-order chi connectivity index (χ0) is 19.8. The van der Waals surface area contributed by atoms with Crippen LogP contribution in [0.5, 0.6) is 0 Å². The van der Waals surface area contributed by atoms with Gasteiger partial charge in [0.05, 0.1) is 12.2 Å². The fourth-order valence-corrected chi connectivity index (χ4v) is 3.64. The zero-order valence-electron chi connectivity index (χ0n) is 17.4. The topological polar surface area (TPSA) is 93.2 Å². The van der Waals surface area contributed by atoms with Crippen LogP contribution in [0.25, 0.3) is 0 Å². The largest absolute Gasteiger partial charge is 0.359 e. The predicted octanol–water partition coefficient (Wildman–Crippen LogP) is 3.15. The lowest BCUT2D eigenvalue weighted by Crippen LogP contribution is -2.36. The zero-order valence-corrected chi connectivity index (χ0v) is 17.4. The quantitative estimate of drug-likeness (QED) is 0.534. The highest BCUT2D eigenvalue weighted by Gasteiger charge is 2.15. The normalized spacial score (nSPS) is 14.8. The Labute approximate surface area is 167 Å². The number of aliphatic imine (C=N–C) groups is 1. The first kappa shape index (κ1) is 20.4. The standard InChI is InChI=1S/C20H33N7O/c1-4-15(5-2)17-12-16(28-26-17)13-22-20(21-6-3)23-14-19-25-24-18-10-8-7-9-11-27(18)19/h12,15H,4-11,13-14H2,1-3H3,(H2,21,22,23). The van der Waals surface area contributed by atoms with Gasteiger partial charge < -0.3 is 19.7 Å². The number of aromatic nitrogens is 4. The second-order valence-corrected chi connectivity index (χ2v) is 7.27. The van der Waals surface area contributed by atoms with E-state index in [-0.39, 0.29) is 0 Å². The van der Waals surface area contributed by atoms with E-state index in [1.54, 1.807) is 0 Å². The van der Waals surface area contributed by atoms with E-state index in [4.69, 9.17) is 9.52 Å². The molecular formula is C20H33N7O. The van der Waals surface area contributed by atoms with Crippen molar-refractivity contribution >= 4 is 5.96 Å². The smallest absolute Gasteiger partial charge is 0.192 e. The second kappa shape index (κ2) is 10.2. The van der Waals surface area contributed by atoms with Crippen molar-refractivity contribution in [3.05, 3.63) is 29.2 Å². The number of nitrogens with zero attached hydrogens (tertiary/aromatic N) is 5. The lowest BCUT2D eigenvalue weighted by molar-refractivity contribution is 0.368. The molecule has 2 N–H and O–H groups in total. The number of hydrogen-bond acceptors (Lipinski definition) is 5. The van der Waals surface area contributed by atoms with Gasteiger partial charge in [-0.05, 0) is 32.6 Å². The van der Waals surface area contributed by atoms with Gasteiger partial charge in [0.2, 0.25) is 0 Å². The van der Waals surface area contributed by atoms with Crippen LogP contribution in [0, 0.1) is 0 Å². The molecule has 0 aromatic carbocycles. The van der Waals surface area contributed by atoms with Gasteiger partial charge in [-0.1, -0.05) is 25.4 Å². The molecule has 8 heteroatoms. The average molecular weight is 388 g/mol. The number of fused-ring (bicyclic) bond motifs is 1. The molecule has 8 nitrogen and oxygen atoms in total. The highest BCUT2D eigenvalue weighted by atomic mass is 16.5. The highest BCUT2D eigenvalue weighted by Crippen LogP contribution is 2.22. The molecule has 0 amide bonds. The van der Waals surface area contributed by atoms with Crippen LogP contribution in [0.3, 0.4) is 0 Å². The van der Waals surface area contributed by atoms with Gasteiger partial charge >= 0.3 is 0 Å². The Morgan fingerprint density at radius 2 is 2.04 bits per heavy atom. The first-order chi connectivity index (χ1) is 13.7. The minimum atomic E-state index is 0.461. The average Bonchev–Trinajstić information content (AvgIpc) is 3.26. The van der Waals surface area contributed by atoms with Gasteiger partial charge in [-0.15, -0.1) is 10.2 Å². The van der Waals surface area contributed by atoms with E-state index in [1.165, 1.54) is 19.3 Å². The summed E-state index contributed by atoms with van der Waals surface area (Å²) in [6.45, 7) is 9.27. The van der Waals surface area contributed by atoms with Crippen LogP contribution in [0.1, 0.15) is 81.9 Å². The lowest BCUT2D eigenvalue weighted by Gasteiger charge is -2.10. The summed E-state index contributed by atoms with van der Waals surface area (Å²) in [5.41, 5.74) is 1.04. The van der Waals surface area contributed by atoms with E-state index >= 15 is 0 Å². The van der Waals surface area contributed by atoms with E-state index < -0.39 is 0 Å². The summed E-state index contributed by atoms with van der Waals surface area (Å²) in [5.74, 6) is 4.06. The van der Waals surface area contributed by atoms with Gasteiger partial charge in [0, 0.05) is 31.5 Å². The fourth-order valence-electron chi connectivity index (χ4n) is 3.64. The number of hydrogen-bond donors (Lipinski definition) is 2. The van der Waals surface area contributed by atoms with Crippen molar-refractivity contribution in [2.75, 3.05) is 6.54 Å². The molecule has 2 aromatic heterocycles. The molecule has 2 aromatic rings. The number of nitrogens with one attached hydrogen (secondary N) is 2. The van der Waals surface area contributed by atoms with Crippen molar-refractivity contribution in [1.29, 1.82) is 0 Å². The molecule has 0 radical (unpaired) electrons. The maximum atomic E-state index is 5.49. The van der Waals surface area contributed by atoms with Gasteiger partial charge in [0.25, 0.3) is 0 Å². The van der Waals surface area contributed by atoms with Crippen molar-refractivity contribution in [3.63, 3.8) is 0 Å². The summed E-state index contributed by atoms with van der Waals surface area (Å²) < 4.78 is 7.73. The maximum absolute atomic E-state index is 5.49. The molecule has 1 aliphatic heterocycles. The van der Waals surface area contributed by atoms with E-state index in [9.17, 15) is 0 Å². The minimum absolute atomic E-state index is 0.461. The Hall–Kier alpha value is -2.38. The van der Waals surface area contributed by atoms with Gasteiger partial charge in [0.15, 0.2) is 17.5 Å². The molecule has 0 saturated heterocycles. The Kier molecular flexibility index (Phi) is 7.45. The molecular weight excluding hydrogens is 354 g/mol. The summed E-state index contributed by atoms with van der Waals surface area (Å²) >= 11 is 0. The Morgan fingerprint density at radius 1 is 1.18 bits per heavy atom. The van der Waals surface area contributed by atoms with Crippen molar-refractivity contribution < 1.29 is 4.52 Å². The van der Waals surface area contributed by atoms with Crippen LogP contribution in [-0.4, -0.2) is 32.4 Å². The first-order valence-corrected chi connectivity index (χ1v) is 10.6. The van der Waals surface area contributed by atoms with Crippen LogP contribution >= 0.6 is 0 Å². The molecule has 0 saturated carbocycles. The number of rotatable bonds is 8. The molecule has 1 aliphatic rings. The van der Waals surface area contributed by atoms with Crippen molar-refractivity contribution in [3.8, 4) is 0 Å². The molecule has 3 rings (SSSR count). The Bertz CT molecular complexity index is 760. The van der Waals surface area contributed by atoms with Crippen LogP contribution in [0.2, 0.25) is 0 Å². The Balaban J connectivity index is 1.61. The summed E-state index contributed by atoms with van der Waals surface area (Å²) in [6, 6.07) is 2.05. The third-order valence-corrected chi connectivity index (χ3v) is 5.32. The Morgan fingerprint density at radius 3 is 2.82 bits per heavy atom. The van der Waals surface area contributed by atoms with E-state index in [0.29, 0.717) is 19.0 Å². The van der Waals surface area contributed by atoms with Crippen LogP contribution in [0.15, 0.2) is 15.6 Å². The van der Waals surface area contributed by atoms with E-state index in [2.05, 4.69) is 51.3 Å². The van der Waals surface area contributed by atoms with Gasteiger partial charge in [-0.2, -0.15) is 0 Å². The molecule has 0 atom stereocenters. The maximum Gasteiger partial charge on any atom is 0.192 e. The number of guanidine groups is 1. The van der Waals surface area contributed by atoms with Gasteiger partial charge in [-0.3, -0.25) is 0 Å². The number of aryl methyl sites for hydroxylation is 1. The second-order valence-electron chi connectivity index (χ2n) is 7.27. The van der Waals surface area contributed by atoms with Crippen molar-refractivity contribution in [1.82, 2.24) is 30.6 Å². The van der Waals surface area contributed by atoms with Crippen molar-refractivity contribution in [2.45, 2.75) is 84.8 Å². The molecule has 154 valence electrons. The molecule has 0 unspecified atom stereocenters. The molecule has 28 heavy (non-hydrogen) atoms. The third kappa shape index (κ3) is 5.11. The van der Waals surface area contributed by atoms with Crippen LogP contribution in [0.4, 0.5) is 0 Å². The monoisotopic (exact) mass is 387 g/mol. The van der Waals surface area contributed by atoms with Gasteiger partial charge in [0.1, 0.15) is 12.4 Å².